The Bertz CT molecular complexity index is 209. The van der Waals surface area contributed by atoms with Crippen molar-refractivity contribution in [2.24, 2.45) is 5.92 Å². The molecule has 18 heavy (non-hydrogen) atoms. The molecule has 1 unspecified atom stereocenters. The van der Waals surface area contributed by atoms with Crippen LogP contribution in [0.15, 0.2) is 12.2 Å². The lowest BCUT2D eigenvalue weighted by Crippen LogP contribution is -2.27. The molecule has 0 radical (unpaired) electrons. The van der Waals surface area contributed by atoms with Gasteiger partial charge in [-0.25, -0.2) is 0 Å². The Labute approximate surface area is 111 Å². The maximum absolute atomic E-state index is 5.46. The fourth-order valence-electron chi connectivity index (χ4n) is 1.96. The van der Waals surface area contributed by atoms with Gasteiger partial charge in [-0.05, 0) is 31.7 Å². The Hall–Kier alpha value is -0.420. The van der Waals surface area contributed by atoms with E-state index in [0.717, 1.165) is 25.6 Å². The molecule has 0 aromatic heterocycles. The van der Waals surface area contributed by atoms with Crippen molar-refractivity contribution in [3.63, 3.8) is 0 Å². The van der Waals surface area contributed by atoms with Crippen LogP contribution in [0.3, 0.4) is 0 Å². The topological polar surface area (TPSA) is 39.7 Å². The van der Waals surface area contributed by atoms with Crippen LogP contribution >= 0.6 is 0 Å². The SMILES string of the molecule is COCCOCCOCCNCC1CC=CCC1. The summed E-state index contributed by atoms with van der Waals surface area (Å²) < 4.78 is 15.6. The van der Waals surface area contributed by atoms with Crippen molar-refractivity contribution in [1.29, 1.82) is 0 Å². The summed E-state index contributed by atoms with van der Waals surface area (Å²) in [7, 11) is 1.67. The van der Waals surface area contributed by atoms with E-state index in [2.05, 4.69) is 17.5 Å². The molecule has 1 aliphatic rings. The molecule has 0 aliphatic heterocycles. The average Bonchev–Trinajstić information content (AvgIpc) is 2.42. The van der Waals surface area contributed by atoms with Crippen LogP contribution in [-0.2, 0) is 14.2 Å². The van der Waals surface area contributed by atoms with Gasteiger partial charge in [0, 0.05) is 13.7 Å². The molecule has 0 fully saturated rings. The quantitative estimate of drug-likeness (QED) is 0.451. The minimum atomic E-state index is 0.646. The third-order valence-electron chi connectivity index (χ3n) is 3.04. The lowest BCUT2D eigenvalue weighted by molar-refractivity contribution is 0.0255. The first-order valence-electron chi connectivity index (χ1n) is 6.93. The molecule has 0 spiro atoms. The van der Waals surface area contributed by atoms with Crippen molar-refractivity contribution in [2.45, 2.75) is 19.3 Å². The van der Waals surface area contributed by atoms with Crippen molar-refractivity contribution < 1.29 is 14.2 Å². The van der Waals surface area contributed by atoms with Gasteiger partial charge in [0.2, 0.25) is 0 Å². The smallest absolute Gasteiger partial charge is 0.0701 e. The van der Waals surface area contributed by atoms with Crippen LogP contribution in [0, 0.1) is 5.92 Å². The predicted octanol–water partition coefficient (Wildman–Crippen LogP) is 1.61. The van der Waals surface area contributed by atoms with E-state index >= 15 is 0 Å². The van der Waals surface area contributed by atoms with Crippen LogP contribution in [0.4, 0.5) is 0 Å². The normalized spacial score (nSPS) is 19.3. The van der Waals surface area contributed by atoms with Crippen LogP contribution in [0.25, 0.3) is 0 Å². The van der Waals surface area contributed by atoms with Crippen molar-refractivity contribution in [3.05, 3.63) is 12.2 Å². The van der Waals surface area contributed by atoms with Crippen molar-refractivity contribution >= 4 is 0 Å². The highest BCUT2D eigenvalue weighted by atomic mass is 16.5. The highest BCUT2D eigenvalue weighted by Gasteiger charge is 2.08. The highest BCUT2D eigenvalue weighted by molar-refractivity contribution is 4.90. The van der Waals surface area contributed by atoms with Crippen LogP contribution in [0.1, 0.15) is 19.3 Å². The van der Waals surface area contributed by atoms with Crippen LogP contribution in [-0.4, -0.2) is 53.2 Å². The Morgan fingerprint density at radius 2 is 1.83 bits per heavy atom. The second-order valence-electron chi connectivity index (χ2n) is 4.57. The summed E-state index contributed by atoms with van der Waals surface area (Å²) in [6.45, 7) is 5.41. The molecule has 4 nitrogen and oxygen atoms in total. The van der Waals surface area contributed by atoms with Gasteiger partial charge in [0.15, 0.2) is 0 Å². The summed E-state index contributed by atoms with van der Waals surface area (Å²) in [4.78, 5) is 0. The molecule has 0 bridgehead atoms. The highest BCUT2D eigenvalue weighted by Crippen LogP contribution is 2.16. The summed E-state index contributed by atoms with van der Waals surface area (Å²) in [6.07, 6.45) is 8.35. The number of rotatable bonds is 11. The molecular formula is C14H27NO3. The number of hydrogen-bond acceptors (Lipinski definition) is 4. The Balaban J connectivity index is 1.74. The van der Waals surface area contributed by atoms with E-state index in [9.17, 15) is 0 Å². The first-order chi connectivity index (χ1) is 8.93. The number of nitrogens with one attached hydrogen (secondary N) is 1. The summed E-state index contributed by atoms with van der Waals surface area (Å²) in [5.74, 6) is 0.812. The summed E-state index contributed by atoms with van der Waals surface area (Å²) >= 11 is 0. The molecule has 0 amide bonds. The van der Waals surface area contributed by atoms with E-state index < -0.39 is 0 Å². The average molecular weight is 257 g/mol. The fraction of sp³-hybridized carbons (Fsp3) is 0.857. The summed E-state index contributed by atoms with van der Waals surface area (Å²) in [6, 6.07) is 0. The first kappa shape index (κ1) is 15.6. The molecule has 106 valence electrons. The molecule has 0 aromatic rings. The van der Waals surface area contributed by atoms with Gasteiger partial charge in [-0.3, -0.25) is 0 Å². The van der Waals surface area contributed by atoms with E-state index in [1.54, 1.807) is 7.11 Å². The molecule has 1 atom stereocenters. The third kappa shape index (κ3) is 8.64. The Kier molecular flexibility index (Phi) is 10.1. The van der Waals surface area contributed by atoms with E-state index in [-0.39, 0.29) is 0 Å². The van der Waals surface area contributed by atoms with Gasteiger partial charge in [-0.2, -0.15) is 0 Å². The molecule has 0 saturated heterocycles. The molecule has 0 aromatic carbocycles. The largest absolute Gasteiger partial charge is 0.382 e. The number of hydrogen-bond donors (Lipinski definition) is 1. The molecular weight excluding hydrogens is 230 g/mol. The second-order valence-corrected chi connectivity index (χ2v) is 4.57. The van der Waals surface area contributed by atoms with Gasteiger partial charge in [0.05, 0.1) is 33.0 Å². The minimum Gasteiger partial charge on any atom is -0.382 e. The van der Waals surface area contributed by atoms with Gasteiger partial charge in [0.25, 0.3) is 0 Å². The zero-order valence-corrected chi connectivity index (χ0v) is 11.5. The minimum absolute atomic E-state index is 0.646. The van der Waals surface area contributed by atoms with Crippen LogP contribution in [0.5, 0.6) is 0 Å². The van der Waals surface area contributed by atoms with E-state index in [1.807, 2.05) is 0 Å². The fourth-order valence-corrected chi connectivity index (χ4v) is 1.96. The van der Waals surface area contributed by atoms with Gasteiger partial charge >= 0.3 is 0 Å². The Morgan fingerprint density at radius 3 is 2.56 bits per heavy atom. The Morgan fingerprint density at radius 1 is 1.06 bits per heavy atom. The maximum Gasteiger partial charge on any atom is 0.0701 e. The third-order valence-corrected chi connectivity index (χ3v) is 3.04. The lowest BCUT2D eigenvalue weighted by Gasteiger charge is -2.18. The molecule has 0 heterocycles. The van der Waals surface area contributed by atoms with E-state index in [0.29, 0.717) is 26.4 Å². The van der Waals surface area contributed by atoms with Crippen LogP contribution < -0.4 is 5.32 Å². The van der Waals surface area contributed by atoms with Crippen LogP contribution in [0.2, 0.25) is 0 Å². The molecule has 0 saturated carbocycles. The zero-order valence-electron chi connectivity index (χ0n) is 11.5. The van der Waals surface area contributed by atoms with Gasteiger partial charge in [0.1, 0.15) is 0 Å². The van der Waals surface area contributed by atoms with Gasteiger partial charge in [-0.1, -0.05) is 12.2 Å². The zero-order chi connectivity index (χ0) is 12.9. The van der Waals surface area contributed by atoms with Gasteiger partial charge < -0.3 is 19.5 Å². The summed E-state index contributed by atoms with van der Waals surface area (Å²) in [5, 5.41) is 3.45. The second kappa shape index (κ2) is 11.7. The van der Waals surface area contributed by atoms with Gasteiger partial charge in [-0.15, -0.1) is 0 Å². The van der Waals surface area contributed by atoms with E-state index in [4.69, 9.17) is 14.2 Å². The van der Waals surface area contributed by atoms with Crippen molar-refractivity contribution in [3.8, 4) is 0 Å². The monoisotopic (exact) mass is 257 g/mol. The molecule has 1 aliphatic carbocycles. The van der Waals surface area contributed by atoms with E-state index in [1.165, 1.54) is 19.3 Å². The number of allylic oxidation sites excluding steroid dienone is 2. The van der Waals surface area contributed by atoms with Crippen molar-refractivity contribution in [1.82, 2.24) is 5.32 Å². The number of methoxy groups -OCH3 is 1. The molecule has 4 heteroatoms. The lowest BCUT2D eigenvalue weighted by atomic mass is 9.94. The first-order valence-corrected chi connectivity index (χ1v) is 6.93. The maximum atomic E-state index is 5.46. The van der Waals surface area contributed by atoms with Crippen molar-refractivity contribution in [2.75, 3.05) is 53.2 Å². The summed E-state index contributed by atoms with van der Waals surface area (Å²) in [5.41, 5.74) is 0. The predicted molar refractivity (Wildman–Crippen MR) is 72.9 cm³/mol. The standard InChI is InChI=1S/C14H27NO3/c1-16-9-10-18-12-11-17-8-7-15-13-14-5-3-2-4-6-14/h2-3,14-15H,4-13H2,1H3. The molecule has 1 rings (SSSR count). The molecule has 1 N–H and O–H groups in total. The number of ether oxygens (including phenoxy) is 3.